The number of anilines is 1. The normalized spacial score (nSPS) is 13.5. The van der Waals surface area contributed by atoms with Gasteiger partial charge in [-0.2, -0.15) is 5.10 Å². The predicted octanol–water partition coefficient (Wildman–Crippen LogP) is 2.73. The molecule has 0 saturated heterocycles. The van der Waals surface area contributed by atoms with Crippen LogP contribution in [0, 0.1) is 12.7 Å². The summed E-state index contributed by atoms with van der Waals surface area (Å²) in [5, 5.41) is 4.37. The highest BCUT2D eigenvalue weighted by Gasteiger charge is 2.39. The molecule has 0 N–H and O–H groups in total. The summed E-state index contributed by atoms with van der Waals surface area (Å²) >= 11 is 0. The molecular formula is C18H13FN4O2. The van der Waals surface area contributed by atoms with Crippen molar-refractivity contribution in [1.29, 1.82) is 0 Å². The molecule has 1 aliphatic rings. The lowest BCUT2D eigenvalue weighted by Gasteiger charge is -2.15. The van der Waals surface area contributed by atoms with Crippen molar-refractivity contribution in [3.63, 3.8) is 0 Å². The number of carbonyl (C=O) groups is 2. The third-order valence-corrected chi connectivity index (χ3v) is 4.22. The summed E-state index contributed by atoms with van der Waals surface area (Å²) in [6, 6.07) is 9.50. The molecule has 2 aromatic heterocycles. The van der Waals surface area contributed by atoms with Gasteiger partial charge in [-0.3, -0.25) is 19.3 Å². The van der Waals surface area contributed by atoms with Crippen molar-refractivity contribution < 1.29 is 14.0 Å². The number of amides is 2. The Morgan fingerprint density at radius 1 is 1.00 bits per heavy atom. The predicted molar refractivity (Wildman–Crippen MR) is 88.7 cm³/mol. The second-order valence-electron chi connectivity index (χ2n) is 5.77. The molecular weight excluding hydrogens is 323 g/mol. The van der Waals surface area contributed by atoms with Gasteiger partial charge < -0.3 is 0 Å². The number of halogens is 1. The van der Waals surface area contributed by atoms with Gasteiger partial charge in [-0.25, -0.2) is 9.29 Å². The highest BCUT2D eigenvalue weighted by molar-refractivity contribution is 6.34. The Bertz CT molecular complexity index is 989. The van der Waals surface area contributed by atoms with Crippen LogP contribution in [0.1, 0.15) is 26.3 Å². The molecule has 0 unspecified atom stereocenters. The Kier molecular flexibility index (Phi) is 3.24. The molecule has 2 amide bonds. The average molecular weight is 336 g/mol. The van der Waals surface area contributed by atoms with Crippen molar-refractivity contribution in [3.05, 3.63) is 65.1 Å². The van der Waals surface area contributed by atoms with Gasteiger partial charge >= 0.3 is 0 Å². The number of hydrogen-bond acceptors (Lipinski definition) is 4. The highest BCUT2D eigenvalue weighted by Crippen LogP contribution is 2.34. The summed E-state index contributed by atoms with van der Waals surface area (Å²) in [5.41, 5.74) is 2.33. The number of fused-ring (bicyclic) bond motifs is 1. The van der Waals surface area contributed by atoms with Crippen LogP contribution < -0.4 is 4.90 Å². The minimum absolute atomic E-state index is 0.370. The first-order chi connectivity index (χ1) is 12.0. The quantitative estimate of drug-likeness (QED) is 0.675. The Hall–Kier alpha value is -3.35. The van der Waals surface area contributed by atoms with E-state index in [9.17, 15) is 14.0 Å². The van der Waals surface area contributed by atoms with Crippen LogP contribution in [0.15, 0.2) is 42.6 Å². The second-order valence-corrected chi connectivity index (χ2v) is 5.77. The van der Waals surface area contributed by atoms with Crippen LogP contribution in [0.4, 0.5) is 10.2 Å². The van der Waals surface area contributed by atoms with E-state index >= 15 is 0 Å². The number of aromatic nitrogens is 3. The smallest absolute Gasteiger partial charge is 0.267 e. The summed E-state index contributed by atoms with van der Waals surface area (Å²) in [6.07, 6.45) is 1.10. The molecule has 4 rings (SSSR count). The van der Waals surface area contributed by atoms with Crippen LogP contribution in [-0.2, 0) is 7.05 Å². The van der Waals surface area contributed by atoms with Gasteiger partial charge in [0.25, 0.3) is 11.8 Å². The molecule has 0 atom stereocenters. The third kappa shape index (κ3) is 2.16. The van der Waals surface area contributed by atoms with Gasteiger partial charge in [0.05, 0.1) is 23.0 Å². The molecule has 0 bridgehead atoms. The molecule has 0 saturated carbocycles. The standard InChI is InChI=1S/C18H13FN4O2/c1-10-15(14-8-7-11(19)9-20-14)21-22(2)16(10)23-17(24)12-5-3-4-6-13(12)18(23)25/h3-9H,1-2H3. The Morgan fingerprint density at radius 3 is 2.20 bits per heavy atom. The number of nitrogens with zero attached hydrogens (tertiary/aromatic N) is 4. The zero-order valence-corrected chi connectivity index (χ0v) is 13.5. The monoisotopic (exact) mass is 336 g/mol. The first kappa shape index (κ1) is 15.2. The first-order valence-corrected chi connectivity index (χ1v) is 7.62. The number of carbonyl (C=O) groups excluding carboxylic acids is 2. The van der Waals surface area contributed by atoms with Gasteiger partial charge in [0, 0.05) is 12.6 Å². The number of aryl methyl sites for hydroxylation is 1. The third-order valence-electron chi connectivity index (χ3n) is 4.22. The van der Waals surface area contributed by atoms with Crippen LogP contribution in [0.3, 0.4) is 0 Å². The van der Waals surface area contributed by atoms with Crippen molar-refractivity contribution in [1.82, 2.24) is 14.8 Å². The van der Waals surface area contributed by atoms with Gasteiger partial charge in [0.1, 0.15) is 17.3 Å². The number of imide groups is 1. The van der Waals surface area contributed by atoms with E-state index in [0.29, 0.717) is 33.9 Å². The van der Waals surface area contributed by atoms with E-state index in [1.807, 2.05) is 0 Å². The van der Waals surface area contributed by atoms with E-state index in [4.69, 9.17) is 0 Å². The van der Waals surface area contributed by atoms with Crippen LogP contribution in [0.5, 0.6) is 0 Å². The number of rotatable bonds is 2. The first-order valence-electron chi connectivity index (χ1n) is 7.62. The maximum atomic E-state index is 13.1. The van der Waals surface area contributed by atoms with E-state index in [-0.39, 0.29) is 11.8 Å². The van der Waals surface area contributed by atoms with Crippen molar-refractivity contribution in [2.24, 2.45) is 7.05 Å². The van der Waals surface area contributed by atoms with E-state index in [0.717, 1.165) is 11.1 Å². The van der Waals surface area contributed by atoms with Crippen molar-refractivity contribution in [3.8, 4) is 11.4 Å². The Balaban J connectivity index is 1.84. The second kappa shape index (κ2) is 5.34. The van der Waals surface area contributed by atoms with Crippen molar-refractivity contribution in [2.45, 2.75) is 6.92 Å². The summed E-state index contributed by atoms with van der Waals surface area (Å²) < 4.78 is 14.6. The molecule has 0 fully saturated rings. The summed E-state index contributed by atoms with van der Waals surface area (Å²) in [4.78, 5) is 30.6. The molecule has 0 radical (unpaired) electrons. The molecule has 1 aromatic carbocycles. The van der Waals surface area contributed by atoms with Crippen LogP contribution in [-0.4, -0.2) is 26.6 Å². The minimum Gasteiger partial charge on any atom is -0.268 e. The molecule has 25 heavy (non-hydrogen) atoms. The maximum Gasteiger partial charge on any atom is 0.267 e. The highest BCUT2D eigenvalue weighted by atomic mass is 19.1. The fraction of sp³-hybridized carbons (Fsp3) is 0.111. The number of pyridine rings is 1. The van der Waals surface area contributed by atoms with E-state index in [2.05, 4.69) is 10.1 Å². The fourth-order valence-corrected chi connectivity index (χ4v) is 3.07. The maximum absolute atomic E-state index is 13.1. The topological polar surface area (TPSA) is 68.1 Å². The summed E-state index contributed by atoms with van der Waals surface area (Å²) in [5.74, 6) is -0.833. The molecule has 7 heteroatoms. The number of hydrogen-bond donors (Lipinski definition) is 0. The molecule has 3 aromatic rings. The van der Waals surface area contributed by atoms with Crippen LogP contribution >= 0.6 is 0 Å². The van der Waals surface area contributed by atoms with Crippen molar-refractivity contribution in [2.75, 3.05) is 4.90 Å². The minimum atomic E-state index is -0.446. The van der Waals surface area contributed by atoms with E-state index in [1.165, 1.54) is 16.8 Å². The largest absolute Gasteiger partial charge is 0.268 e. The molecule has 1 aliphatic heterocycles. The lowest BCUT2D eigenvalue weighted by molar-refractivity contribution is 0.0923. The lowest BCUT2D eigenvalue weighted by atomic mass is 10.1. The number of benzene rings is 1. The molecule has 0 aliphatic carbocycles. The van der Waals surface area contributed by atoms with Gasteiger partial charge in [0.15, 0.2) is 0 Å². The van der Waals surface area contributed by atoms with Crippen LogP contribution in [0.25, 0.3) is 11.4 Å². The molecule has 6 nitrogen and oxygen atoms in total. The van der Waals surface area contributed by atoms with Crippen LogP contribution in [0.2, 0.25) is 0 Å². The van der Waals surface area contributed by atoms with Crippen molar-refractivity contribution >= 4 is 17.6 Å². The SMILES string of the molecule is Cc1c(-c2ccc(F)cn2)nn(C)c1N1C(=O)c2ccccc2C1=O. The van der Waals surface area contributed by atoms with Gasteiger partial charge in [0.2, 0.25) is 0 Å². The van der Waals surface area contributed by atoms with Gasteiger partial charge in [-0.1, -0.05) is 12.1 Å². The summed E-state index contributed by atoms with van der Waals surface area (Å²) in [6.45, 7) is 1.76. The lowest BCUT2D eigenvalue weighted by Crippen LogP contribution is -2.31. The zero-order valence-electron chi connectivity index (χ0n) is 13.5. The van der Waals surface area contributed by atoms with Gasteiger partial charge in [-0.05, 0) is 31.2 Å². The van der Waals surface area contributed by atoms with E-state index in [1.54, 1.807) is 38.2 Å². The zero-order chi connectivity index (χ0) is 17.7. The molecule has 0 spiro atoms. The average Bonchev–Trinajstić information content (AvgIpc) is 3.03. The Morgan fingerprint density at radius 2 is 1.64 bits per heavy atom. The molecule has 3 heterocycles. The fourth-order valence-electron chi connectivity index (χ4n) is 3.07. The van der Waals surface area contributed by atoms with Gasteiger partial charge in [-0.15, -0.1) is 0 Å². The van der Waals surface area contributed by atoms with E-state index < -0.39 is 5.82 Å². The Labute approximate surface area is 142 Å². The molecule has 124 valence electrons. The summed E-state index contributed by atoms with van der Waals surface area (Å²) in [7, 11) is 1.65.